The van der Waals surface area contributed by atoms with E-state index in [0.29, 0.717) is 17.8 Å². The van der Waals surface area contributed by atoms with Crippen molar-refractivity contribution in [3.05, 3.63) is 0 Å². The van der Waals surface area contributed by atoms with Crippen LogP contribution >= 0.6 is 11.8 Å². The van der Waals surface area contributed by atoms with Crippen molar-refractivity contribution in [3.63, 3.8) is 0 Å². The van der Waals surface area contributed by atoms with Crippen molar-refractivity contribution < 1.29 is 4.79 Å². The Bertz CT molecular complexity index is 243. The van der Waals surface area contributed by atoms with Crippen molar-refractivity contribution in [3.8, 4) is 0 Å². The maximum Gasteiger partial charge on any atom is 0.227 e. The maximum absolute atomic E-state index is 12.0. The van der Waals surface area contributed by atoms with Gasteiger partial charge in [-0.2, -0.15) is 11.8 Å². The molecule has 94 valence electrons. The second-order valence-corrected chi connectivity index (χ2v) is 6.30. The van der Waals surface area contributed by atoms with Crippen molar-refractivity contribution >= 4 is 17.7 Å². The first-order chi connectivity index (χ1) is 7.51. The molecule has 1 aliphatic carbocycles. The van der Waals surface area contributed by atoms with E-state index < -0.39 is 5.41 Å². The Balaban J connectivity index is 2.54. The molecule has 2 unspecified atom stereocenters. The highest BCUT2D eigenvalue weighted by Gasteiger charge is 2.31. The lowest BCUT2D eigenvalue weighted by atomic mass is 9.90. The summed E-state index contributed by atoms with van der Waals surface area (Å²) in [6.07, 6.45) is 6.97. The highest BCUT2D eigenvalue weighted by Crippen LogP contribution is 2.28. The third kappa shape index (κ3) is 3.39. The summed E-state index contributed by atoms with van der Waals surface area (Å²) < 4.78 is 0. The number of thioether (sulfide) groups is 1. The van der Waals surface area contributed by atoms with Gasteiger partial charge in [-0.15, -0.1) is 0 Å². The highest BCUT2D eigenvalue weighted by atomic mass is 32.2. The molecule has 16 heavy (non-hydrogen) atoms. The molecule has 0 spiro atoms. The molecule has 2 atom stereocenters. The monoisotopic (exact) mass is 244 g/mol. The van der Waals surface area contributed by atoms with E-state index in [0.717, 1.165) is 6.42 Å². The summed E-state index contributed by atoms with van der Waals surface area (Å²) in [5, 5.41) is 3.75. The van der Waals surface area contributed by atoms with Gasteiger partial charge in [-0.1, -0.05) is 12.8 Å². The van der Waals surface area contributed by atoms with Crippen molar-refractivity contribution in [1.29, 1.82) is 0 Å². The molecule has 1 rings (SSSR count). The van der Waals surface area contributed by atoms with Crippen molar-refractivity contribution in [2.75, 3.05) is 12.8 Å². The Labute approximate surface area is 103 Å². The van der Waals surface area contributed by atoms with Crippen molar-refractivity contribution in [1.82, 2.24) is 5.32 Å². The van der Waals surface area contributed by atoms with Crippen molar-refractivity contribution in [2.45, 2.75) is 50.8 Å². The van der Waals surface area contributed by atoms with Crippen LogP contribution in [0.3, 0.4) is 0 Å². The molecule has 0 aromatic carbocycles. The second kappa shape index (κ2) is 5.92. The minimum atomic E-state index is -0.444. The molecule has 1 aliphatic rings. The minimum absolute atomic E-state index is 0.0981. The smallest absolute Gasteiger partial charge is 0.227 e. The van der Waals surface area contributed by atoms with E-state index >= 15 is 0 Å². The zero-order chi connectivity index (χ0) is 12.2. The fraction of sp³-hybridized carbons (Fsp3) is 0.917. The maximum atomic E-state index is 12.0. The van der Waals surface area contributed by atoms with E-state index in [-0.39, 0.29) is 5.91 Å². The Hall–Kier alpha value is -0.220. The minimum Gasteiger partial charge on any atom is -0.352 e. The lowest BCUT2D eigenvalue weighted by Gasteiger charge is -2.33. The number of nitrogens with one attached hydrogen (secondary N) is 1. The first-order valence-electron chi connectivity index (χ1n) is 6.05. The molecule has 0 heterocycles. The van der Waals surface area contributed by atoms with Gasteiger partial charge in [0, 0.05) is 17.8 Å². The zero-order valence-corrected chi connectivity index (χ0v) is 11.4. The quantitative estimate of drug-likeness (QED) is 0.792. The molecule has 0 radical (unpaired) electrons. The van der Waals surface area contributed by atoms with E-state index in [1.807, 2.05) is 25.6 Å². The average Bonchev–Trinajstić information content (AvgIpc) is 2.29. The summed E-state index contributed by atoms with van der Waals surface area (Å²) in [4.78, 5) is 12.0. The highest BCUT2D eigenvalue weighted by molar-refractivity contribution is 7.99. The molecule has 0 saturated heterocycles. The molecule has 4 heteroatoms. The van der Waals surface area contributed by atoms with E-state index in [2.05, 4.69) is 11.6 Å². The summed E-state index contributed by atoms with van der Waals surface area (Å²) in [6.45, 7) is 4.20. The fourth-order valence-corrected chi connectivity index (χ4v) is 2.94. The predicted octanol–water partition coefficient (Wildman–Crippen LogP) is 1.76. The number of carbonyl (C=O) groups excluding carboxylic acids is 1. The molecule has 0 aromatic rings. The number of hydrogen-bond donors (Lipinski definition) is 2. The molecular weight excluding hydrogens is 220 g/mol. The van der Waals surface area contributed by atoms with E-state index in [4.69, 9.17) is 5.73 Å². The van der Waals surface area contributed by atoms with Crippen LogP contribution in [-0.2, 0) is 4.79 Å². The Morgan fingerprint density at radius 1 is 1.44 bits per heavy atom. The van der Waals surface area contributed by atoms with Gasteiger partial charge in [0.15, 0.2) is 0 Å². The van der Waals surface area contributed by atoms with E-state index in [9.17, 15) is 4.79 Å². The number of hydrogen-bond acceptors (Lipinski definition) is 3. The topological polar surface area (TPSA) is 55.1 Å². The first-order valence-corrected chi connectivity index (χ1v) is 7.34. The summed E-state index contributed by atoms with van der Waals surface area (Å²) in [5.74, 6) is 0.0981. The van der Waals surface area contributed by atoms with Crippen LogP contribution in [0, 0.1) is 5.41 Å². The van der Waals surface area contributed by atoms with Crippen LogP contribution in [0.25, 0.3) is 0 Å². The van der Waals surface area contributed by atoms with Gasteiger partial charge in [0.05, 0.1) is 5.41 Å². The van der Waals surface area contributed by atoms with Gasteiger partial charge in [-0.25, -0.2) is 0 Å². The fourth-order valence-electron chi connectivity index (χ4n) is 2.00. The van der Waals surface area contributed by atoms with Gasteiger partial charge in [-0.05, 0) is 32.9 Å². The summed E-state index contributed by atoms with van der Waals surface area (Å²) in [7, 11) is 0. The lowest BCUT2D eigenvalue weighted by molar-refractivity contribution is -0.129. The second-order valence-electron chi connectivity index (χ2n) is 5.23. The van der Waals surface area contributed by atoms with Crippen LogP contribution in [0.2, 0.25) is 0 Å². The Morgan fingerprint density at radius 3 is 2.62 bits per heavy atom. The predicted molar refractivity (Wildman–Crippen MR) is 70.5 cm³/mol. The summed E-state index contributed by atoms with van der Waals surface area (Å²) >= 11 is 1.87. The van der Waals surface area contributed by atoms with E-state index in [1.54, 1.807) is 0 Å². The molecule has 3 nitrogen and oxygen atoms in total. The van der Waals surface area contributed by atoms with Crippen molar-refractivity contribution in [2.24, 2.45) is 11.1 Å². The zero-order valence-electron chi connectivity index (χ0n) is 10.6. The molecule has 0 bridgehead atoms. The van der Waals surface area contributed by atoms with Gasteiger partial charge in [0.1, 0.15) is 0 Å². The SMILES string of the molecule is CSC1CCCCC1NC(=O)C(C)(C)CN. The Kier molecular flexibility index (Phi) is 5.12. The third-order valence-corrected chi connectivity index (χ3v) is 4.62. The first kappa shape index (κ1) is 13.8. The normalized spacial score (nSPS) is 26.5. The van der Waals surface area contributed by atoms with Crippen LogP contribution in [0.4, 0.5) is 0 Å². The number of nitrogens with two attached hydrogens (primary N) is 1. The molecular formula is C12H24N2OS. The standard InChI is InChI=1S/C12H24N2OS/c1-12(2,8-13)11(15)14-9-6-4-5-7-10(9)16-3/h9-10H,4-8,13H2,1-3H3,(H,14,15). The van der Waals surface area contributed by atoms with Gasteiger partial charge in [0.25, 0.3) is 0 Å². The van der Waals surface area contributed by atoms with Crippen LogP contribution in [0.15, 0.2) is 0 Å². The van der Waals surface area contributed by atoms with Gasteiger partial charge in [-0.3, -0.25) is 4.79 Å². The molecule has 0 aliphatic heterocycles. The van der Waals surface area contributed by atoms with E-state index in [1.165, 1.54) is 19.3 Å². The molecule has 3 N–H and O–H groups in total. The number of rotatable bonds is 4. The third-order valence-electron chi connectivity index (χ3n) is 3.45. The molecule has 0 aromatic heterocycles. The van der Waals surface area contributed by atoms with Crippen LogP contribution in [-0.4, -0.2) is 30.0 Å². The van der Waals surface area contributed by atoms with Gasteiger partial charge >= 0.3 is 0 Å². The van der Waals surface area contributed by atoms with Crippen LogP contribution in [0.1, 0.15) is 39.5 Å². The van der Waals surface area contributed by atoms with Gasteiger partial charge in [0.2, 0.25) is 5.91 Å². The molecule has 1 fully saturated rings. The number of amides is 1. The summed E-state index contributed by atoms with van der Waals surface area (Å²) in [5.41, 5.74) is 5.17. The molecule has 1 saturated carbocycles. The average molecular weight is 244 g/mol. The van der Waals surface area contributed by atoms with Crippen LogP contribution < -0.4 is 11.1 Å². The Morgan fingerprint density at radius 2 is 2.06 bits per heavy atom. The lowest BCUT2D eigenvalue weighted by Crippen LogP contribution is -2.50. The summed E-state index contributed by atoms with van der Waals surface area (Å²) in [6, 6.07) is 0.335. The van der Waals surface area contributed by atoms with Crippen LogP contribution in [0.5, 0.6) is 0 Å². The largest absolute Gasteiger partial charge is 0.352 e. The number of carbonyl (C=O) groups is 1. The molecule has 1 amide bonds. The van der Waals surface area contributed by atoms with Gasteiger partial charge < -0.3 is 11.1 Å².